The van der Waals surface area contributed by atoms with Crippen molar-refractivity contribution in [2.45, 2.75) is 42.9 Å². The molecule has 1 aromatic carbocycles. The maximum Gasteiger partial charge on any atom is 0.233 e. The fourth-order valence-electron chi connectivity index (χ4n) is 3.73. The molecule has 2 aliphatic rings. The van der Waals surface area contributed by atoms with Gasteiger partial charge in [-0.1, -0.05) is 48.9 Å². The van der Waals surface area contributed by atoms with Gasteiger partial charge in [-0.05, 0) is 12.8 Å². The molecule has 24 heavy (non-hydrogen) atoms. The molecule has 1 saturated carbocycles. The summed E-state index contributed by atoms with van der Waals surface area (Å²) in [6, 6.07) is 8.29. The monoisotopic (exact) mass is 343 g/mol. The summed E-state index contributed by atoms with van der Waals surface area (Å²) in [5.74, 6) is 0.598. The Morgan fingerprint density at radius 2 is 2.17 bits per heavy atom. The normalized spacial score (nSPS) is 23.9. The molecule has 0 spiro atoms. The number of amides is 1. The molecule has 1 saturated heterocycles. The van der Waals surface area contributed by atoms with Gasteiger partial charge in [0.1, 0.15) is 5.03 Å². The second-order valence-corrected chi connectivity index (χ2v) is 7.34. The summed E-state index contributed by atoms with van der Waals surface area (Å²) >= 11 is 1.49. The lowest BCUT2D eigenvalue weighted by Gasteiger charge is -2.43. The number of nitrogens with zero attached hydrogens (tertiary/aromatic N) is 3. The van der Waals surface area contributed by atoms with Gasteiger partial charge in [0.2, 0.25) is 5.91 Å². The predicted octanol–water partition coefficient (Wildman–Crippen LogP) is 2.89. The first-order valence-electron chi connectivity index (χ1n) is 8.57. The number of carbonyl (C=O) groups is 1. The second kappa shape index (κ2) is 7.07. The zero-order chi connectivity index (χ0) is 16.4. The number of ether oxygens (including phenoxy) is 1. The number of aromatic nitrogens is 2. The molecule has 5 nitrogen and oxygen atoms in total. The zero-order valence-electron chi connectivity index (χ0n) is 13.6. The standard InChI is InChI=1S/C18H21N3O2S/c22-17(21-9-10-23-16-8-4-3-7-15(16)21)12-24-18-14-6-2-1-5-13(14)11-19-20-18/h1-2,5-6,11,15-16H,3-4,7-10,12H2/t15-,16+/m0/s1. The van der Waals surface area contributed by atoms with Gasteiger partial charge in [-0.2, -0.15) is 5.10 Å². The number of thioether (sulfide) groups is 1. The van der Waals surface area contributed by atoms with Gasteiger partial charge in [0.25, 0.3) is 0 Å². The minimum absolute atomic E-state index is 0.190. The van der Waals surface area contributed by atoms with Gasteiger partial charge in [0.15, 0.2) is 0 Å². The number of hydrogen-bond donors (Lipinski definition) is 0. The van der Waals surface area contributed by atoms with Crippen molar-refractivity contribution in [3.05, 3.63) is 30.5 Å². The van der Waals surface area contributed by atoms with E-state index in [-0.39, 0.29) is 18.1 Å². The van der Waals surface area contributed by atoms with Gasteiger partial charge in [0.05, 0.1) is 30.7 Å². The van der Waals surface area contributed by atoms with Gasteiger partial charge < -0.3 is 9.64 Å². The number of rotatable bonds is 3. The van der Waals surface area contributed by atoms with E-state index in [2.05, 4.69) is 10.2 Å². The summed E-state index contributed by atoms with van der Waals surface area (Å²) in [7, 11) is 0. The van der Waals surface area contributed by atoms with Crippen LogP contribution in [-0.4, -0.2) is 52.1 Å². The Kier molecular flexibility index (Phi) is 4.67. The summed E-state index contributed by atoms with van der Waals surface area (Å²) < 4.78 is 5.86. The molecule has 1 aliphatic carbocycles. The summed E-state index contributed by atoms with van der Waals surface area (Å²) in [5, 5.41) is 11.2. The van der Waals surface area contributed by atoms with Crippen LogP contribution < -0.4 is 0 Å². The van der Waals surface area contributed by atoms with Crippen molar-refractivity contribution in [2.75, 3.05) is 18.9 Å². The number of morpholine rings is 1. The molecule has 1 amide bonds. The average molecular weight is 343 g/mol. The molecule has 1 aliphatic heterocycles. The first-order valence-corrected chi connectivity index (χ1v) is 9.56. The summed E-state index contributed by atoms with van der Waals surface area (Å²) in [6.45, 7) is 1.37. The summed E-state index contributed by atoms with van der Waals surface area (Å²) in [5.41, 5.74) is 0. The summed E-state index contributed by atoms with van der Waals surface area (Å²) in [4.78, 5) is 14.8. The van der Waals surface area contributed by atoms with Crippen LogP contribution in [0.15, 0.2) is 35.5 Å². The van der Waals surface area contributed by atoms with Crippen LogP contribution in [0.5, 0.6) is 0 Å². The quantitative estimate of drug-likeness (QED) is 0.802. The highest BCUT2D eigenvalue weighted by Crippen LogP contribution is 2.30. The maximum absolute atomic E-state index is 12.8. The third-order valence-electron chi connectivity index (χ3n) is 4.92. The Bertz CT molecular complexity index is 732. The fourth-order valence-corrected chi connectivity index (χ4v) is 4.60. The van der Waals surface area contributed by atoms with E-state index in [4.69, 9.17) is 4.74 Å². The van der Waals surface area contributed by atoms with Gasteiger partial charge in [-0.25, -0.2) is 0 Å². The first-order chi connectivity index (χ1) is 11.8. The highest BCUT2D eigenvalue weighted by Gasteiger charge is 2.36. The lowest BCUT2D eigenvalue weighted by atomic mass is 9.90. The number of fused-ring (bicyclic) bond motifs is 2. The Morgan fingerprint density at radius 3 is 3.12 bits per heavy atom. The van der Waals surface area contributed by atoms with Crippen molar-refractivity contribution in [2.24, 2.45) is 0 Å². The Balaban J connectivity index is 1.46. The fraction of sp³-hybridized carbons (Fsp3) is 0.500. The van der Waals surface area contributed by atoms with Crippen molar-refractivity contribution in [1.82, 2.24) is 15.1 Å². The van der Waals surface area contributed by atoms with Crippen LogP contribution >= 0.6 is 11.8 Å². The van der Waals surface area contributed by atoms with E-state index >= 15 is 0 Å². The number of benzene rings is 1. The molecule has 2 atom stereocenters. The van der Waals surface area contributed by atoms with Gasteiger partial charge in [0, 0.05) is 17.3 Å². The van der Waals surface area contributed by atoms with E-state index in [1.807, 2.05) is 29.2 Å². The van der Waals surface area contributed by atoms with Crippen LogP contribution in [-0.2, 0) is 9.53 Å². The Morgan fingerprint density at radius 1 is 1.29 bits per heavy atom. The molecule has 0 N–H and O–H groups in total. The second-order valence-electron chi connectivity index (χ2n) is 6.37. The van der Waals surface area contributed by atoms with Crippen LogP contribution in [0.4, 0.5) is 0 Å². The molecule has 2 heterocycles. The Hall–Kier alpha value is -1.66. The van der Waals surface area contributed by atoms with Crippen LogP contribution in [0, 0.1) is 0 Å². The lowest BCUT2D eigenvalue weighted by molar-refractivity contribution is -0.146. The smallest absolute Gasteiger partial charge is 0.233 e. The lowest BCUT2D eigenvalue weighted by Crippen LogP contribution is -2.55. The molecule has 4 rings (SSSR count). The van der Waals surface area contributed by atoms with E-state index < -0.39 is 0 Å². The van der Waals surface area contributed by atoms with Crippen molar-refractivity contribution in [3.63, 3.8) is 0 Å². The third-order valence-corrected chi connectivity index (χ3v) is 5.89. The van der Waals surface area contributed by atoms with Crippen molar-refractivity contribution < 1.29 is 9.53 Å². The minimum atomic E-state index is 0.190. The maximum atomic E-state index is 12.8. The van der Waals surface area contributed by atoms with Crippen molar-refractivity contribution >= 4 is 28.4 Å². The SMILES string of the molecule is O=C(CSc1nncc2ccccc12)N1CCO[C@@H]2CCCC[C@@H]21. The van der Waals surface area contributed by atoms with E-state index in [1.165, 1.54) is 24.6 Å². The minimum Gasteiger partial charge on any atom is -0.374 e. The van der Waals surface area contributed by atoms with E-state index in [1.54, 1.807) is 6.20 Å². The largest absolute Gasteiger partial charge is 0.374 e. The number of hydrogen-bond acceptors (Lipinski definition) is 5. The van der Waals surface area contributed by atoms with Crippen LogP contribution in [0.3, 0.4) is 0 Å². The average Bonchev–Trinajstić information content (AvgIpc) is 2.65. The molecule has 0 bridgehead atoms. The molecule has 0 unspecified atom stereocenters. The first kappa shape index (κ1) is 15.8. The van der Waals surface area contributed by atoms with Crippen LogP contribution in [0.2, 0.25) is 0 Å². The van der Waals surface area contributed by atoms with E-state index in [9.17, 15) is 4.79 Å². The molecular formula is C18H21N3O2S. The highest BCUT2D eigenvalue weighted by molar-refractivity contribution is 8.00. The number of carbonyl (C=O) groups excluding carboxylic acids is 1. The Labute approximate surface area is 145 Å². The topological polar surface area (TPSA) is 55.3 Å². The van der Waals surface area contributed by atoms with Crippen molar-refractivity contribution in [1.29, 1.82) is 0 Å². The molecular weight excluding hydrogens is 322 g/mol. The third kappa shape index (κ3) is 3.13. The highest BCUT2D eigenvalue weighted by atomic mass is 32.2. The van der Waals surface area contributed by atoms with E-state index in [0.29, 0.717) is 18.9 Å². The molecule has 2 aromatic rings. The van der Waals surface area contributed by atoms with E-state index in [0.717, 1.165) is 28.6 Å². The molecule has 0 radical (unpaired) electrons. The predicted molar refractivity (Wildman–Crippen MR) is 94.0 cm³/mol. The molecule has 126 valence electrons. The molecule has 2 fully saturated rings. The zero-order valence-corrected chi connectivity index (χ0v) is 14.4. The molecule has 6 heteroatoms. The van der Waals surface area contributed by atoms with Gasteiger partial charge >= 0.3 is 0 Å². The molecule has 1 aromatic heterocycles. The van der Waals surface area contributed by atoms with Gasteiger partial charge in [-0.15, -0.1) is 5.10 Å². The summed E-state index contributed by atoms with van der Waals surface area (Å²) in [6.07, 6.45) is 6.54. The van der Waals surface area contributed by atoms with Crippen LogP contribution in [0.1, 0.15) is 25.7 Å². The van der Waals surface area contributed by atoms with Crippen molar-refractivity contribution in [3.8, 4) is 0 Å². The van der Waals surface area contributed by atoms with Gasteiger partial charge in [-0.3, -0.25) is 4.79 Å². The van der Waals surface area contributed by atoms with Crippen LogP contribution in [0.25, 0.3) is 10.8 Å².